The fraction of sp³-hybridized carbons (Fsp3) is 0. The molecule has 0 saturated carbocycles. The van der Waals surface area contributed by atoms with Gasteiger partial charge in [0.15, 0.2) is 0 Å². The van der Waals surface area contributed by atoms with E-state index in [1.807, 2.05) is 30.3 Å². The molecule has 0 unspecified atom stereocenters. The summed E-state index contributed by atoms with van der Waals surface area (Å²) in [6.07, 6.45) is 0. The standard InChI is InChI=1S/C6H6S.Ba.2H/c7-6-4-2-1-3-5-6;;;/h1-5,7H;;;. The van der Waals surface area contributed by atoms with Crippen LogP contribution in [0.5, 0.6) is 0 Å². The molecular formula is C6H8BaS. The van der Waals surface area contributed by atoms with Gasteiger partial charge in [0, 0.05) is 4.90 Å². The van der Waals surface area contributed by atoms with Gasteiger partial charge in [-0.2, -0.15) is 0 Å². The van der Waals surface area contributed by atoms with Crippen molar-refractivity contribution in [1.82, 2.24) is 0 Å². The molecule has 0 aliphatic rings. The number of hydrogen-bond acceptors (Lipinski definition) is 1. The zero-order valence-electron chi connectivity index (χ0n) is 3.83. The molecule has 0 amide bonds. The molecule has 2 heteroatoms. The average molecular weight is 250 g/mol. The summed E-state index contributed by atoms with van der Waals surface area (Å²) in [5.74, 6) is 0. The Morgan fingerprint density at radius 1 is 1.00 bits per heavy atom. The summed E-state index contributed by atoms with van der Waals surface area (Å²) in [5.41, 5.74) is 0. The van der Waals surface area contributed by atoms with Crippen LogP contribution < -0.4 is 0 Å². The molecule has 0 nitrogen and oxygen atoms in total. The second-order valence-corrected chi connectivity index (χ2v) is 1.85. The fourth-order valence-electron chi connectivity index (χ4n) is 0.428. The quantitative estimate of drug-likeness (QED) is 0.516. The Bertz CT molecular complexity index is 138. The first-order valence-electron chi connectivity index (χ1n) is 2.13. The summed E-state index contributed by atoms with van der Waals surface area (Å²) in [4.78, 5) is 1.02. The summed E-state index contributed by atoms with van der Waals surface area (Å²) >= 11 is 4.08. The molecule has 0 fully saturated rings. The maximum absolute atomic E-state index is 4.08. The molecule has 0 N–H and O–H groups in total. The first kappa shape index (κ1) is 9.14. The minimum absolute atomic E-state index is 0. The Morgan fingerprint density at radius 3 is 1.75 bits per heavy atom. The van der Waals surface area contributed by atoms with Crippen molar-refractivity contribution >= 4 is 61.5 Å². The van der Waals surface area contributed by atoms with Crippen molar-refractivity contribution in [2.24, 2.45) is 0 Å². The molecule has 0 saturated heterocycles. The second-order valence-electron chi connectivity index (χ2n) is 1.34. The van der Waals surface area contributed by atoms with E-state index in [1.54, 1.807) is 0 Å². The van der Waals surface area contributed by atoms with Crippen molar-refractivity contribution in [1.29, 1.82) is 0 Å². The van der Waals surface area contributed by atoms with Gasteiger partial charge in [-0.15, -0.1) is 12.6 Å². The van der Waals surface area contributed by atoms with E-state index in [1.165, 1.54) is 0 Å². The van der Waals surface area contributed by atoms with Crippen molar-refractivity contribution in [2.75, 3.05) is 0 Å². The Kier molecular flexibility index (Phi) is 5.68. The summed E-state index contributed by atoms with van der Waals surface area (Å²) in [6, 6.07) is 9.79. The Hall–Kier alpha value is 1.14. The monoisotopic (exact) mass is 250 g/mol. The predicted octanol–water partition coefficient (Wildman–Crippen LogP) is 1.06. The van der Waals surface area contributed by atoms with E-state index in [0.29, 0.717) is 0 Å². The summed E-state index contributed by atoms with van der Waals surface area (Å²) < 4.78 is 0. The van der Waals surface area contributed by atoms with Crippen LogP contribution in [0.4, 0.5) is 0 Å². The van der Waals surface area contributed by atoms with Gasteiger partial charge in [0.2, 0.25) is 0 Å². The Balaban J connectivity index is 0.000000490. The SMILES string of the molecule is Sc1ccccc1.[BaH2]. The van der Waals surface area contributed by atoms with Gasteiger partial charge >= 0.3 is 48.9 Å². The molecule has 0 radical (unpaired) electrons. The molecule has 0 bridgehead atoms. The summed E-state index contributed by atoms with van der Waals surface area (Å²) in [5, 5.41) is 0. The van der Waals surface area contributed by atoms with E-state index in [2.05, 4.69) is 12.6 Å². The third kappa shape index (κ3) is 3.22. The van der Waals surface area contributed by atoms with E-state index in [4.69, 9.17) is 0 Å². The van der Waals surface area contributed by atoms with Gasteiger partial charge in [0.1, 0.15) is 0 Å². The summed E-state index contributed by atoms with van der Waals surface area (Å²) in [7, 11) is 0. The van der Waals surface area contributed by atoms with E-state index in [0.717, 1.165) is 4.90 Å². The topological polar surface area (TPSA) is 0 Å². The van der Waals surface area contributed by atoms with Crippen molar-refractivity contribution in [3.63, 3.8) is 0 Å². The Morgan fingerprint density at radius 2 is 1.50 bits per heavy atom. The molecule has 1 aromatic carbocycles. The van der Waals surface area contributed by atoms with Gasteiger partial charge in [-0.25, -0.2) is 0 Å². The van der Waals surface area contributed by atoms with Crippen LogP contribution in [0.1, 0.15) is 0 Å². The first-order valence-corrected chi connectivity index (χ1v) is 2.58. The Labute approximate surface area is 95.2 Å². The fourth-order valence-corrected chi connectivity index (χ4v) is 0.600. The van der Waals surface area contributed by atoms with Crippen molar-refractivity contribution in [3.8, 4) is 0 Å². The minimum atomic E-state index is 0. The number of hydrogen-bond donors (Lipinski definition) is 1. The number of thiol groups is 1. The van der Waals surface area contributed by atoms with Gasteiger partial charge in [0.25, 0.3) is 0 Å². The van der Waals surface area contributed by atoms with Crippen molar-refractivity contribution < 1.29 is 0 Å². The van der Waals surface area contributed by atoms with Gasteiger partial charge in [0.05, 0.1) is 0 Å². The van der Waals surface area contributed by atoms with E-state index in [9.17, 15) is 0 Å². The van der Waals surface area contributed by atoms with E-state index in [-0.39, 0.29) is 48.9 Å². The zero-order valence-corrected chi connectivity index (χ0v) is 4.73. The zero-order chi connectivity index (χ0) is 5.11. The molecule has 1 aromatic rings. The molecule has 40 valence electrons. The van der Waals surface area contributed by atoms with Crippen LogP contribution in [-0.2, 0) is 0 Å². The van der Waals surface area contributed by atoms with Gasteiger partial charge in [-0.3, -0.25) is 0 Å². The molecule has 8 heavy (non-hydrogen) atoms. The van der Waals surface area contributed by atoms with Gasteiger partial charge in [-0.1, -0.05) is 18.2 Å². The third-order valence-corrected chi connectivity index (χ3v) is 1.05. The molecule has 0 spiro atoms. The first-order chi connectivity index (χ1) is 3.39. The van der Waals surface area contributed by atoms with E-state index < -0.39 is 0 Å². The van der Waals surface area contributed by atoms with Crippen molar-refractivity contribution in [3.05, 3.63) is 30.3 Å². The molecular weight excluding hydrogens is 241 g/mol. The molecule has 1 rings (SSSR count). The van der Waals surface area contributed by atoms with Gasteiger partial charge < -0.3 is 0 Å². The van der Waals surface area contributed by atoms with Crippen LogP contribution in [0.25, 0.3) is 0 Å². The second kappa shape index (κ2) is 4.97. The predicted molar refractivity (Wildman–Crippen MR) is 42.2 cm³/mol. The maximum atomic E-state index is 4.08. The van der Waals surface area contributed by atoms with Crippen LogP contribution in [-0.4, -0.2) is 48.9 Å². The molecule has 0 atom stereocenters. The average Bonchev–Trinajstić information content (AvgIpc) is 1.69. The molecule has 0 aliphatic heterocycles. The molecule has 0 aliphatic carbocycles. The van der Waals surface area contributed by atoms with Crippen LogP contribution in [0.15, 0.2) is 35.2 Å². The normalized spacial score (nSPS) is 7.62. The van der Waals surface area contributed by atoms with Crippen molar-refractivity contribution in [2.45, 2.75) is 4.90 Å². The molecule has 0 heterocycles. The number of rotatable bonds is 0. The summed E-state index contributed by atoms with van der Waals surface area (Å²) in [6.45, 7) is 0. The van der Waals surface area contributed by atoms with E-state index >= 15 is 0 Å². The number of benzene rings is 1. The van der Waals surface area contributed by atoms with Crippen LogP contribution in [0, 0.1) is 0 Å². The van der Waals surface area contributed by atoms with Crippen LogP contribution in [0.3, 0.4) is 0 Å². The third-order valence-electron chi connectivity index (χ3n) is 0.756. The molecule has 0 aromatic heterocycles. The van der Waals surface area contributed by atoms with Crippen LogP contribution in [0.2, 0.25) is 0 Å². The van der Waals surface area contributed by atoms with Gasteiger partial charge in [-0.05, 0) is 12.1 Å². The van der Waals surface area contributed by atoms with Crippen LogP contribution >= 0.6 is 12.6 Å².